The van der Waals surface area contributed by atoms with Gasteiger partial charge in [-0.05, 0) is 77.9 Å². The van der Waals surface area contributed by atoms with E-state index in [2.05, 4.69) is 70.0 Å². The number of benzene rings is 1. The van der Waals surface area contributed by atoms with Crippen LogP contribution in [0.25, 0.3) is 0 Å². The third-order valence-corrected chi connectivity index (χ3v) is 8.66. The van der Waals surface area contributed by atoms with E-state index in [4.69, 9.17) is 0 Å². The molecule has 2 amide bonds. The SMILES string of the molecule is CCCCN(CCCC)C(=O)NC[C@]1(C)CCC[C@]2(C)c3ccc(C(C)C)cc3CC[C@@H]12. The first kappa shape index (κ1) is 25.1. The van der Waals surface area contributed by atoms with E-state index in [1.54, 1.807) is 11.1 Å². The molecule has 0 heterocycles. The lowest BCUT2D eigenvalue weighted by Gasteiger charge is -2.55. The van der Waals surface area contributed by atoms with Gasteiger partial charge in [-0.3, -0.25) is 0 Å². The average molecular weight is 441 g/mol. The smallest absolute Gasteiger partial charge is 0.317 e. The van der Waals surface area contributed by atoms with Gasteiger partial charge < -0.3 is 10.2 Å². The molecule has 0 aliphatic heterocycles. The van der Waals surface area contributed by atoms with Gasteiger partial charge in [0.15, 0.2) is 0 Å². The minimum Gasteiger partial charge on any atom is -0.337 e. The maximum atomic E-state index is 13.1. The highest BCUT2D eigenvalue weighted by atomic mass is 16.2. The molecule has 1 fully saturated rings. The summed E-state index contributed by atoms with van der Waals surface area (Å²) in [7, 11) is 0. The first-order valence-corrected chi connectivity index (χ1v) is 13.4. The molecule has 1 N–H and O–H groups in total. The molecule has 1 aromatic rings. The van der Waals surface area contributed by atoms with E-state index in [-0.39, 0.29) is 16.9 Å². The summed E-state index contributed by atoms with van der Waals surface area (Å²) in [4.78, 5) is 15.2. The predicted octanol–water partition coefficient (Wildman–Crippen LogP) is 7.43. The maximum absolute atomic E-state index is 13.1. The summed E-state index contributed by atoms with van der Waals surface area (Å²) in [6.07, 6.45) is 10.6. The van der Waals surface area contributed by atoms with Crippen LogP contribution in [0.15, 0.2) is 18.2 Å². The van der Waals surface area contributed by atoms with Crippen LogP contribution in [-0.2, 0) is 11.8 Å². The lowest BCUT2D eigenvalue weighted by atomic mass is 9.49. The topological polar surface area (TPSA) is 32.3 Å². The van der Waals surface area contributed by atoms with E-state index in [0.29, 0.717) is 11.8 Å². The number of nitrogens with one attached hydrogen (secondary N) is 1. The molecule has 0 bridgehead atoms. The molecule has 32 heavy (non-hydrogen) atoms. The molecule has 1 saturated carbocycles. The molecule has 180 valence electrons. The van der Waals surface area contributed by atoms with E-state index < -0.39 is 0 Å². The van der Waals surface area contributed by atoms with Gasteiger partial charge in [-0.25, -0.2) is 4.79 Å². The first-order valence-electron chi connectivity index (χ1n) is 13.4. The van der Waals surface area contributed by atoms with Gasteiger partial charge in [-0.15, -0.1) is 0 Å². The maximum Gasteiger partial charge on any atom is 0.317 e. The van der Waals surface area contributed by atoms with Gasteiger partial charge in [0, 0.05) is 19.6 Å². The second-order valence-corrected chi connectivity index (χ2v) is 11.4. The zero-order valence-corrected chi connectivity index (χ0v) is 21.7. The van der Waals surface area contributed by atoms with Gasteiger partial charge in [-0.1, -0.05) is 79.0 Å². The summed E-state index contributed by atoms with van der Waals surface area (Å²) in [6, 6.07) is 7.44. The Kier molecular flexibility index (Phi) is 8.33. The van der Waals surface area contributed by atoms with Crippen molar-refractivity contribution >= 4 is 6.03 Å². The number of unbranched alkanes of at least 4 members (excludes halogenated alkanes) is 2. The quantitative estimate of drug-likeness (QED) is 0.425. The van der Waals surface area contributed by atoms with Crippen molar-refractivity contribution in [3.63, 3.8) is 0 Å². The fraction of sp³-hybridized carbons (Fsp3) is 0.759. The number of rotatable bonds is 9. The number of urea groups is 1. The molecule has 3 nitrogen and oxygen atoms in total. The molecule has 2 aliphatic carbocycles. The van der Waals surface area contributed by atoms with Crippen molar-refractivity contribution < 1.29 is 4.79 Å². The van der Waals surface area contributed by atoms with Crippen molar-refractivity contribution in [3.05, 3.63) is 34.9 Å². The third kappa shape index (κ3) is 5.18. The second kappa shape index (κ2) is 10.6. The fourth-order valence-corrected chi connectivity index (χ4v) is 6.62. The number of amides is 2. The summed E-state index contributed by atoms with van der Waals surface area (Å²) in [5, 5.41) is 3.40. The molecule has 0 radical (unpaired) electrons. The molecular formula is C29H48N2O. The van der Waals surface area contributed by atoms with E-state index >= 15 is 0 Å². The van der Waals surface area contributed by atoms with Crippen molar-refractivity contribution in [2.24, 2.45) is 11.3 Å². The summed E-state index contributed by atoms with van der Waals surface area (Å²) in [5.41, 5.74) is 5.02. The summed E-state index contributed by atoms with van der Waals surface area (Å²) in [5.74, 6) is 1.21. The van der Waals surface area contributed by atoms with Crippen molar-refractivity contribution in [2.75, 3.05) is 19.6 Å². The molecule has 3 heteroatoms. The predicted molar refractivity (Wildman–Crippen MR) is 136 cm³/mol. The highest BCUT2D eigenvalue weighted by Gasteiger charge is 2.51. The Balaban J connectivity index is 1.75. The van der Waals surface area contributed by atoms with E-state index in [0.717, 1.165) is 45.3 Å². The molecule has 2 aliphatic rings. The standard InChI is InChI=1S/C29H48N2O/c1-7-9-18-31(19-10-8-2)27(32)30-21-28(5)16-11-17-29(6)25-14-12-23(22(3)4)20-24(25)13-15-26(28)29/h12,14,20,22,26H,7-11,13,15-19,21H2,1-6H3,(H,30,32)/t26-,28-,29+/m0/s1. The minimum absolute atomic E-state index is 0.151. The molecule has 3 atom stereocenters. The third-order valence-electron chi connectivity index (χ3n) is 8.66. The Morgan fingerprint density at radius 2 is 1.81 bits per heavy atom. The lowest BCUT2D eigenvalue weighted by Crippen LogP contribution is -2.54. The highest BCUT2D eigenvalue weighted by molar-refractivity contribution is 5.74. The van der Waals surface area contributed by atoms with E-state index in [1.165, 1.54) is 37.7 Å². The second-order valence-electron chi connectivity index (χ2n) is 11.4. The Hall–Kier alpha value is -1.51. The van der Waals surface area contributed by atoms with Crippen LogP contribution in [0, 0.1) is 11.3 Å². The van der Waals surface area contributed by atoms with Crippen molar-refractivity contribution in [1.82, 2.24) is 10.2 Å². The number of carbonyl (C=O) groups is 1. The Bertz CT molecular complexity index is 764. The molecule has 0 unspecified atom stereocenters. The number of carbonyl (C=O) groups excluding carboxylic acids is 1. The number of fused-ring (bicyclic) bond motifs is 3. The zero-order valence-electron chi connectivity index (χ0n) is 21.7. The van der Waals surface area contributed by atoms with Crippen molar-refractivity contribution in [2.45, 2.75) is 111 Å². The Labute approximate surface area is 197 Å². The highest BCUT2D eigenvalue weighted by Crippen LogP contribution is 2.57. The van der Waals surface area contributed by atoms with Gasteiger partial charge in [-0.2, -0.15) is 0 Å². The molecule has 0 saturated heterocycles. The van der Waals surface area contributed by atoms with Crippen LogP contribution in [-0.4, -0.2) is 30.6 Å². The van der Waals surface area contributed by atoms with Crippen molar-refractivity contribution in [3.8, 4) is 0 Å². The number of hydrogen-bond acceptors (Lipinski definition) is 1. The normalized spacial score (nSPS) is 27.0. The monoisotopic (exact) mass is 440 g/mol. The van der Waals surface area contributed by atoms with Crippen LogP contribution in [0.5, 0.6) is 0 Å². The fourth-order valence-electron chi connectivity index (χ4n) is 6.62. The molecular weight excluding hydrogens is 392 g/mol. The van der Waals surface area contributed by atoms with Crippen LogP contribution in [0.3, 0.4) is 0 Å². The molecule has 0 spiro atoms. The summed E-state index contributed by atoms with van der Waals surface area (Å²) < 4.78 is 0. The number of hydrogen-bond donors (Lipinski definition) is 1. The van der Waals surface area contributed by atoms with Crippen LogP contribution >= 0.6 is 0 Å². The Morgan fingerprint density at radius 1 is 1.12 bits per heavy atom. The van der Waals surface area contributed by atoms with Gasteiger partial charge in [0.05, 0.1) is 0 Å². The molecule has 0 aromatic heterocycles. The van der Waals surface area contributed by atoms with Crippen molar-refractivity contribution in [1.29, 1.82) is 0 Å². The lowest BCUT2D eigenvalue weighted by molar-refractivity contribution is 0.0268. The average Bonchev–Trinajstić information content (AvgIpc) is 2.77. The molecule has 1 aromatic carbocycles. The largest absolute Gasteiger partial charge is 0.337 e. The van der Waals surface area contributed by atoms with Crippen LogP contribution < -0.4 is 5.32 Å². The van der Waals surface area contributed by atoms with Crippen LogP contribution in [0.4, 0.5) is 4.79 Å². The molecule has 3 rings (SSSR count). The van der Waals surface area contributed by atoms with Gasteiger partial charge in [0.25, 0.3) is 0 Å². The summed E-state index contributed by atoms with van der Waals surface area (Å²) >= 11 is 0. The van der Waals surface area contributed by atoms with Crippen LogP contribution in [0.2, 0.25) is 0 Å². The number of nitrogens with zero attached hydrogens (tertiary/aromatic N) is 1. The van der Waals surface area contributed by atoms with E-state index in [9.17, 15) is 4.79 Å². The van der Waals surface area contributed by atoms with Gasteiger partial charge in [0.1, 0.15) is 0 Å². The zero-order chi connectivity index (χ0) is 23.4. The number of aryl methyl sites for hydroxylation is 1. The van der Waals surface area contributed by atoms with Gasteiger partial charge in [0.2, 0.25) is 0 Å². The summed E-state index contributed by atoms with van der Waals surface area (Å²) in [6.45, 7) is 16.5. The minimum atomic E-state index is 0.151. The van der Waals surface area contributed by atoms with Gasteiger partial charge >= 0.3 is 6.03 Å². The first-order chi connectivity index (χ1) is 15.2. The Morgan fingerprint density at radius 3 is 2.44 bits per heavy atom. The van der Waals surface area contributed by atoms with Crippen LogP contribution in [0.1, 0.15) is 116 Å². The van der Waals surface area contributed by atoms with E-state index in [1.807, 2.05) is 0 Å².